The van der Waals surface area contributed by atoms with Gasteiger partial charge in [-0.25, -0.2) is 0 Å². The van der Waals surface area contributed by atoms with Crippen molar-refractivity contribution in [3.05, 3.63) is 48.6 Å². The third kappa shape index (κ3) is 36.7. The number of aliphatic hydroxyl groups is 1. The summed E-state index contributed by atoms with van der Waals surface area (Å²) in [6.07, 6.45) is 49.0. The Balaban J connectivity index is 3.54. The Hall–Kier alpha value is -2.14. The number of esters is 2. The maximum Gasteiger partial charge on any atom is 0.306 e. The van der Waals surface area contributed by atoms with Crippen molar-refractivity contribution in [3.8, 4) is 0 Å². The third-order valence-electron chi connectivity index (χ3n) is 8.73. The molecule has 1 atom stereocenters. The van der Waals surface area contributed by atoms with Gasteiger partial charge in [-0.3, -0.25) is 9.59 Å². The molecule has 0 amide bonds. The standard InChI is InChI=1S/C43H76O5/c1-3-5-7-9-11-13-15-17-18-19-20-21-22-23-24-26-28-30-32-34-36-38-43(46)48-41(39-44)40-47-42(45)37-35-33-31-29-27-25-16-14-12-10-8-6-4-2/h6,8,10,12,14,16,25,27,41,44H,3-5,7,9,11,13,15,17-24,26,28-40H2,1-2H3/b8-6+,12-10+,16-14+,27-25+. The molecule has 0 aliphatic heterocycles. The van der Waals surface area contributed by atoms with Crippen LogP contribution in [0.5, 0.6) is 0 Å². The van der Waals surface area contributed by atoms with Crippen LogP contribution < -0.4 is 0 Å². The maximum atomic E-state index is 12.2. The minimum atomic E-state index is -0.785. The molecule has 0 radical (unpaired) electrons. The van der Waals surface area contributed by atoms with Crippen molar-refractivity contribution in [2.24, 2.45) is 0 Å². The maximum absolute atomic E-state index is 12.2. The van der Waals surface area contributed by atoms with Crippen LogP contribution in [0.3, 0.4) is 0 Å². The molecule has 0 aromatic carbocycles. The molecule has 5 heteroatoms. The summed E-state index contributed by atoms with van der Waals surface area (Å²) < 4.78 is 10.6. The average Bonchev–Trinajstić information content (AvgIpc) is 3.09. The second-order valence-corrected chi connectivity index (χ2v) is 13.4. The van der Waals surface area contributed by atoms with Crippen LogP contribution in [0.25, 0.3) is 0 Å². The monoisotopic (exact) mass is 673 g/mol. The van der Waals surface area contributed by atoms with Gasteiger partial charge in [-0.15, -0.1) is 0 Å². The highest BCUT2D eigenvalue weighted by atomic mass is 16.6. The van der Waals surface area contributed by atoms with Crippen molar-refractivity contribution in [2.45, 2.75) is 200 Å². The summed E-state index contributed by atoms with van der Waals surface area (Å²) in [5, 5.41) is 9.55. The third-order valence-corrected chi connectivity index (χ3v) is 8.73. The van der Waals surface area contributed by atoms with Gasteiger partial charge in [0.2, 0.25) is 0 Å². The lowest BCUT2D eigenvalue weighted by Crippen LogP contribution is -2.28. The first kappa shape index (κ1) is 45.9. The van der Waals surface area contributed by atoms with Crippen LogP contribution >= 0.6 is 0 Å². The van der Waals surface area contributed by atoms with Crippen LogP contribution in [0, 0.1) is 0 Å². The van der Waals surface area contributed by atoms with E-state index in [0.717, 1.165) is 51.4 Å². The summed E-state index contributed by atoms with van der Waals surface area (Å²) >= 11 is 0. The van der Waals surface area contributed by atoms with Gasteiger partial charge in [0.1, 0.15) is 6.61 Å². The van der Waals surface area contributed by atoms with E-state index in [2.05, 4.69) is 26.0 Å². The summed E-state index contributed by atoms with van der Waals surface area (Å²) in [4.78, 5) is 24.2. The van der Waals surface area contributed by atoms with Gasteiger partial charge in [0.05, 0.1) is 6.61 Å². The van der Waals surface area contributed by atoms with Crippen molar-refractivity contribution < 1.29 is 24.2 Å². The van der Waals surface area contributed by atoms with Crippen LogP contribution in [0.4, 0.5) is 0 Å². The Morgan fingerprint density at radius 1 is 0.500 bits per heavy atom. The molecule has 1 unspecified atom stereocenters. The first-order chi connectivity index (χ1) is 23.6. The molecule has 5 nitrogen and oxygen atoms in total. The number of aliphatic hydroxyl groups excluding tert-OH is 1. The quantitative estimate of drug-likeness (QED) is 0.0407. The number of unbranched alkanes of at least 4 members (excludes halogenated alkanes) is 23. The number of rotatable bonds is 36. The highest BCUT2D eigenvalue weighted by Gasteiger charge is 2.16. The summed E-state index contributed by atoms with van der Waals surface area (Å²) in [6.45, 7) is 3.97. The molecule has 0 saturated carbocycles. The fourth-order valence-corrected chi connectivity index (χ4v) is 5.68. The Labute approximate surface area is 297 Å². The first-order valence-electron chi connectivity index (χ1n) is 20.2. The zero-order chi connectivity index (χ0) is 35.0. The summed E-state index contributed by atoms with van der Waals surface area (Å²) in [6, 6.07) is 0. The molecule has 0 bridgehead atoms. The molecule has 1 N–H and O–H groups in total. The van der Waals surface area contributed by atoms with E-state index < -0.39 is 6.10 Å². The molecule has 0 heterocycles. The fourth-order valence-electron chi connectivity index (χ4n) is 5.68. The normalized spacial score (nSPS) is 12.6. The zero-order valence-electron chi connectivity index (χ0n) is 31.5. The van der Waals surface area contributed by atoms with Gasteiger partial charge in [0, 0.05) is 12.8 Å². The Morgan fingerprint density at radius 3 is 1.35 bits per heavy atom. The van der Waals surface area contributed by atoms with E-state index in [1.54, 1.807) is 0 Å². The van der Waals surface area contributed by atoms with Crippen LogP contribution in [0.2, 0.25) is 0 Å². The summed E-state index contributed by atoms with van der Waals surface area (Å²) in [7, 11) is 0. The molecule has 0 aromatic rings. The molecule has 0 aromatic heterocycles. The minimum absolute atomic E-state index is 0.0852. The van der Waals surface area contributed by atoms with E-state index in [0.29, 0.717) is 12.8 Å². The van der Waals surface area contributed by atoms with E-state index in [9.17, 15) is 14.7 Å². The number of allylic oxidation sites excluding steroid dienone is 8. The lowest BCUT2D eigenvalue weighted by Gasteiger charge is -2.15. The average molecular weight is 673 g/mol. The molecule has 0 spiro atoms. The van der Waals surface area contributed by atoms with Crippen molar-refractivity contribution in [3.63, 3.8) is 0 Å². The van der Waals surface area contributed by atoms with Crippen LogP contribution in [-0.4, -0.2) is 36.4 Å². The van der Waals surface area contributed by atoms with Gasteiger partial charge < -0.3 is 14.6 Å². The SMILES string of the molecule is CC/C=C/C=C/C=C/C=C/CCCCCC(=O)OCC(CO)OC(=O)CCCCCCCCCCCCCCCCCCCCCCC. The number of carbonyl (C=O) groups excluding carboxylic acids is 2. The van der Waals surface area contributed by atoms with Crippen molar-refractivity contribution in [1.29, 1.82) is 0 Å². The molecule has 0 aliphatic carbocycles. The highest BCUT2D eigenvalue weighted by Crippen LogP contribution is 2.15. The van der Waals surface area contributed by atoms with Crippen LogP contribution in [0.15, 0.2) is 48.6 Å². The molecule has 48 heavy (non-hydrogen) atoms. The molecule has 0 saturated heterocycles. The molecule has 0 fully saturated rings. The van der Waals surface area contributed by atoms with Gasteiger partial charge in [0.15, 0.2) is 6.10 Å². The van der Waals surface area contributed by atoms with Gasteiger partial charge in [0.25, 0.3) is 0 Å². The van der Waals surface area contributed by atoms with Crippen molar-refractivity contribution >= 4 is 11.9 Å². The summed E-state index contributed by atoms with van der Waals surface area (Å²) in [5.74, 6) is -0.633. The second-order valence-electron chi connectivity index (χ2n) is 13.4. The van der Waals surface area contributed by atoms with E-state index in [1.807, 2.05) is 36.5 Å². The largest absolute Gasteiger partial charge is 0.462 e. The Morgan fingerprint density at radius 2 is 0.896 bits per heavy atom. The van der Waals surface area contributed by atoms with E-state index in [-0.39, 0.29) is 25.2 Å². The smallest absolute Gasteiger partial charge is 0.306 e. The number of ether oxygens (including phenoxy) is 2. The Bertz CT molecular complexity index is 812. The Kier molecular flexibility index (Phi) is 37.5. The van der Waals surface area contributed by atoms with Crippen LogP contribution in [-0.2, 0) is 19.1 Å². The van der Waals surface area contributed by atoms with Crippen LogP contribution in [0.1, 0.15) is 194 Å². The summed E-state index contributed by atoms with van der Waals surface area (Å²) in [5.41, 5.74) is 0. The van der Waals surface area contributed by atoms with Gasteiger partial charge in [-0.05, 0) is 32.1 Å². The van der Waals surface area contributed by atoms with E-state index in [1.165, 1.54) is 116 Å². The number of hydrogen-bond donors (Lipinski definition) is 1. The lowest BCUT2D eigenvalue weighted by molar-refractivity contribution is -0.161. The van der Waals surface area contributed by atoms with Crippen molar-refractivity contribution in [2.75, 3.05) is 13.2 Å². The number of hydrogen-bond acceptors (Lipinski definition) is 5. The molecular formula is C43H76O5. The fraction of sp³-hybridized carbons (Fsp3) is 0.767. The highest BCUT2D eigenvalue weighted by molar-refractivity contribution is 5.70. The lowest BCUT2D eigenvalue weighted by atomic mass is 10.0. The van der Waals surface area contributed by atoms with Crippen molar-refractivity contribution in [1.82, 2.24) is 0 Å². The first-order valence-corrected chi connectivity index (χ1v) is 20.2. The van der Waals surface area contributed by atoms with E-state index in [4.69, 9.17) is 9.47 Å². The molecule has 0 aliphatic rings. The van der Waals surface area contributed by atoms with Gasteiger partial charge in [-0.2, -0.15) is 0 Å². The second kappa shape index (κ2) is 39.3. The zero-order valence-corrected chi connectivity index (χ0v) is 31.5. The van der Waals surface area contributed by atoms with E-state index >= 15 is 0 Å². The molecule has 278 valence electrons. The predicted octanol–water partition coefficient (Wildman–Crippen LogP) is 12.6. The minimum Gasteiger partial charge on any atom is -0.462 e. The molecule has 0 rings (SSSR count). The van der Waals surface area contributed by atoms with Gasteiger partial charge in [-0.1, -0.05) is 197 Å². The topological polar surface area (TPSA) is 72.8 Å². The molecular weight excluding hydrogens is 596 g/mol. The van der Waals surface area contributed by atoms with Gasteiger partial charge >= 0.3 is 11.9 Å². The predicted molar refractivity (Wildman–Crippen MR) is 205 cm³/mol. The number of carbonyl (C=O) groups is 2.